The van der Waals surface area contributed by atoms with Gasteiger partial charge in [0.1, 0.15) is 0 Å². The highest BCUT2D eigenvalue weighted by Crippen LogP contribution is 2.62. The van der Waals surface area contributed by atoms with Gasteiger partial charge in [0, 0.05) is 0 Å². The Morgan fingerprint density at radius 1 is 1.15 bits per heavy atom. The molecule has 0 rings (SSSR count). The second-order valence-corrected chi connectivity index (χ2v) is 11.3. The zero-order chi connectivity index (χ0) is 10.9. The molecule has 0 aromatic carbocycles. The number of carboxylic acids is 1. The molecular formula is C7H16O4P2. The largest absolute Gasteiger partial charge is 0.481 e. The van der Waals surface area contributed by atoms with Crippen LogP contribution in [0.2, 0.25) is 0 Å². The first-order chi connectivity index (χ1) is 5.55. The van der Waals surface area contributed by atoms with Gasteiger partial charge in [-0.05, 0) is 26.7 Å². The Labute approximate surface area is 78.5 Å². The summed E-state index contributed by atoms with van der Waals surface area (Å²) in [6.07, 6.45) is -0.269. The van der Waals surface area contributed by atoms with E-state index in [1.54, 1.807) is 0 Å². The molecule has 0 fully saturated rings. The van der Waals surface area contributed by atoms with E-state index in [2.05, 4.69) is 0 Å². The van der Waals surface area contributed by atoms with Gasteiger partial charge in [0.2, 0.25) is 0 Å². The summed E-state index contributed by atoms with van der Waals surface area (Å²) in [6.45, 7) is 5.95. The van der Waals surface area contributed by atoms with E-state index in [1.165, 1.54) is 26.7 Å². The average molecular weight is 226 g/mol. The third-order valence-corrected chi connectivity index (χ3v) is 8.37. The van der Waals surface area contributed by atoms with Gasteiger partial charge in [-0.1, -0.05) is 0 Å². The molecule has 4 nitrogen and oxygen atoms in total. The molecular weight excluding hydrogens is 210 g/mol. The molecule has 1 N–H and O–H groups in total. The SMILES string of the molecule is CP(C)(=O)C(CC(=O)O)P(C)(C)=O. The fourth-order valence-corrected chi connectivity index (χ4v) is 7.81. The maximum absolute atomic E-state index is 11.7. The lowest BCUT2D eigenvalue weighted by Gasteiger charge is -2.23. The van der Waals surface area contributed by atoms with Crippen LogP contribution < -0.4 is 0 Å². The Morgan fingerprint density at radius 2 is 1.46 bits per heavy atom. The van der Waals surface area contributed by atoms with E-state index < -0.39 is 25.7 Å². The molecule has 6 heteroatoms. The van der Waals surface area contributed by atoms with Gasteiger partial charge in [-0.25, -0.2) is 0 Å². The summed E-state index contributed by atoms with van der Waals surface area (Å²) in [5.74, 6) is -1.04. The van der Waals surface area contributed by atoms with E-state index in [0.717, 1.165) is 0 Å². The van der Waals surface area contributed by atoms with Gasteiger partial charge in [0.15, 0.2) is 0 Å². The van der Waals surface area contributed by atoms with Gasteiger partial charge in [-0.2, -0.15) is 0 Å². The van der Waals surface area contributed by atoms with Crippen LogP contribution in [0, 0.1) is 0 Å². The van der Waals surface area contributed by atoms with Crippen molar-refractivity contribution in [3.8, 4) is 0 Å². The standard InChI is InChI=1S/C7H16O4P2/c1-12(2,10)7(5-6(8)9)13(3,4)11/h7H,5H2,1-4H3,(H,8,9). The van der Waals surface area contributed by atoms with Crippen LogP contribution in [-0.2, 0) is 13.9 Å². The maximum atomic E-state index is 11.7. The summed E-state index contributed by atoms with van der Waals surface area (Å²) in [7, 11) is -5.19. The molecule has 0 radical (unpaired) electrons. The predicted octanol–water partition coefficient (Wildman–Crippen LogP) is 2.03. The summed E-state index contributed by atoms with van der Waals surface area (Å²) in [6, 6.07) is 0. The lowest BCUT2D eigenvalue weighted by Crippen LogP contribution is -2.13. The topological polar surface area (TPSA) is 71.4 Å². The number of carboxylic acid groups (broad SMARTS) is 1. The molecule has 0 aliphatic rings. The molecule has 0 heterocycles. The summed E-state index contributed by atoms with van der Waals surface area (Å²) in [4.78, 5) is 10.5. The zero-order valence-corrected chi connectivity index (χ0v) is 10.1. The molecule has 0 saturated heterocycles. The lowest BCUT2D eigenvalue weighted by atomic mass is 10.5. The van der Waals surface area contributed by atoms with E-state index >= 15 is 0 Å². The minimum Gasteiger partial charge on any atom is -0.481 e. The predicted molar refractivity (Wildman–Crippen MR) is 54.9 cm³/mol. The highest BCUT2D eigenvalue weighted by atomic mass is 31.2. The highest BCUT2D eigenvalue weighted by molar-refractivity contribution is 7.80. The van der Waals surface area contributed by atoms with Gasteiger partial charge in [0.05, 0.1) is 26.1 Å². The van der Waals surface area contributed by atoms with Crippen LogP contribution in [0.25, 0.3) is 0 Å². The van der Waals surface area contributed by atoms with Crippen LogP contribution in [-0.4, -0.2) is 43.1 Å². The van der Waals surface area contributed by atoms with Crippen LogP contribution in [0.1, 0.15) is 6.42 Å². The third-order valence-electron chi connectivity index (χ3n) is 1.79. The van der Waals surface area contributed by atoms with Crippen LogP contribution in [0.5, 0.6) is 0 Å². The Morgan fingerprint density at radius 3 is 1.54 bits per heavy atom. The van der Waals surface area contributed by atoms with Crippen molar-refractivity contribution in [1.82, 2.24) is 0 Å². The first-order valence-corrected chi connectivity index (χ1v) is 9.20. The molecule has 0 spiro atoms. The van der Waals surface area contributed by atoms with Crippen molar-refractivity contribution >= 4 is 20.3 Å². The summed E-state index contributed by atoms with van der Waals surface area (Å²) in [5, 5.41) is 7.89. The number of hydrogen-bond donors (Lipinski definition) is 1. The van der Waals surface area contributed by atoms with Crippen molar-refractivity contribution in [3.05, 3.63) is 0 Å². The second-order valence-electron chi connectivity index (χ2n) is 3.95. The molecule has 0 saturated carbocycles. The molecule has 0 aliphatic heterocycles. The van der Waals surface area contributed by atoms with Gasteiger partial charge in [0.25, 0.3) is 0 Å². The highest BCUT2D eigenvalue weighted by Gasteiger charge is 2.35. The Hall–Kier alpha value is -0.0700. The van der Waals surface area contributed by atoms with E-state index in [1.807, 2.05) is 0 Å². The maximum Gasteiger partial charge on any atom is 0.304 e. The summed E-state index contributed by atoms with van der Waals surface area (Å²) < 4.78 is 23.3. The van der Waals surface area contributed by atoms with E-state index in [0.29, 0.717) is 0 Å². The summed E-state index contributed by atoms with van der Waals surface area (Å²) >= 11 is 0. The minimum absolute atomic E-state index is 0.269. The Balaban J connectivity index is 4.90. The molecule has 0 aromatic heterocycles. The first kappa shape index (κ1) is 12.9. The fraction of sp³-hybridized carbons (Fsp3) is 0.857. The molecule has 0 amide bonds. The van der Waals surface area contributed by atoms with Crippen molar-refractivity contribution in [1.29, 1.82) is 0 Å². The molecule has 0 bridgehead atoms. The molecule has 0 unspecified atom stereocenters. The van der Waals surface area contributed by atoms with Crippen molar-refractivity contribution in [2.24, 2.45) is 0 Å². The zero-order valence-electron chi connectivity index (χ0n) is 8.35. The van der Waals surface area contributed by atoms with E-state index in [9.17, 15) is 13.9 Å². The van der Waals surface area contributed by atoms with Crippen molar-refractivity contribution < 1.29 is 19.0 Å². The second kappa shape index (κ2) is 3.98. The molecule has 13 heavy (non-hydrogen) atoms. The number of rotatable bonds is 4. The van der Waals surface area contributed by atoms with Gasteiger partial charge >= 0.3 is 5.97 Å². The van der Waals surface area contributed by atoms with Crippen molar-refractivity contribution in [2.45, 2.75) is 11.8 Å². The third kappa shape index (κ3) is 4.64. The van der Waals surface area contributed by atoms with E-state index in [-0.39, 0.29) is 6.42 Å². The molecule has 0 aromatic rings. The number of hydrogen-bond acceptors (Lipinski definition) is 3. The van der Waals surface area contributed by atoms with Crippen LogP contribution in [0.15, 0.2) is 0 Å². The lowest BCUT2D eigenvalue weighted by molar-refractivity contribution is -0.136. The minimum atomic E-state index is -2.60. The number of aliphatic carboxylic acids is 1. The van der Waals surface area contributed by atoms with Crippen LogP contribution in [0.3, 0.4) is 0 Å². The Kier molecular flexibility index (Phi) is 3.96. The van der Waals surface area contributed by atoms with Crippen LogP contribution >= 0.6 is 14.3 Å². The smallest absolute Gasteiger partial charge is 0.304 e. The quantitative estimate of drug-likeness (QED) is 0.744. The van der Waals surface area contributed by atoms with E-state index in [4.69, 9.17) is 5.11 Å². The monoisotopic (exact) mass is 226 g/mol. The molecule has 78 valence electrons. The average Bonchev–Trinajstić information content (AvgIpc) is 1.77. The number of carbonyl (C=O) groups is 1. The van der Waals surface area contributed by atoms with Gasteiger partial charge in [-0.15, -0.1) is 0 Å². The van der Waals surface area contributed by atoms with Crippen LogP contribution in [0.4, 0.5) is 0 Å². The first-order valence-electron chi connectivity index (χ1n) is 3.86. The van der Waals surface area contributed by atoms with Gasteiger partial charge < -0.3 is 14.2 Å². The van der Waals surface area contributed by atoms with Gasteiger partial charge in [-0.3, -0.25) is 4.79 Å². The Bertz CT molecular complexity index is 263. The molecule has 0 atom stereocenters. The van der Waals surface area contributed by atoms with Crippen molar-refractivity contribution in [2.75, 3.05) is 26.7 Å². The molecule has 0 aliphatic carbocycles. The summed E-state index contributed by atoms with van der Waals surface area (Å²) in [5.41, 5.74) is 0. The normalized spacial score (nSPS) is 13.3. The van der Waals surface area contributed by atoms with Crippen molar-refractivity contribution in [3.63, 3.8) is 0 Å². The fourth-order valence-electron chi connectivity index (χ4n) is 1.27.